The number of aromatic nitrogens is 5. The number of likely N-dealkylation sites (tertiary alicyclic amines) is 1. The Kier molecular flexibility index (Phi) is 10.4. The van der Waals surface area contributed by atoms with Gasteiger partial charge in [-0.2, -0.15) is 0 Å². The number of hydrogen-bond acceptors (Lipinski definition) is 11. The van der Waals surface area contributed by atoms with Crippen LogP contribution in [0, 0.1) is 15.5 Å². The van der Waals surface area contributed by atoms with Crippen molar-refractivity contribution in [3.63, 3.8) is 0 Å². The van der Waals surface area contributed by atoms with Crippen LogP contribution in [-0.4, -0.2) is 73.2 Å². The highest BCUT2D eigenvalue weighted by atomic mass is 32.1. The van der Waals surface area contributed by atoms with E-state index in [-0.39, 0.29) is 38.1 Å². The van der Waals surface area contributed by atoms with Gasteiger partial charge in [0.2, 0.25) is 11.8 Å². The average molecular weight is 821 g/mol. The molecule has 3 aromatic carbocycles. The summed E-state index contributed by atoms with van der Waals surface area (Å²) in [6, 6.07) is 24.3. The number of benzene rings is 3. The molecule has 6 aromatic rings. The summed E-state index contributed by atoms with van der Waals surface area (Å²) in [5.74, 6) is -0.918. The van der Waals surface area contributed by atoms with Gasteiger partial charge in [-0.25, -0.2) is 0 Å². The Morgan fingerprint density at radius 2 is 1.28 bits per heavy atom. The van der Waals surface area contributed by atoms with Gasteiger partial charge in [0, 0.05) is 49.4 Å². The summed E-state index contributed by atoms with van der Waals surface area (Å²) >= 11 is 11.2. The molecule has 14 nitrogen and oxygen atoms in total. The number of hydrogen-bond donors (Lipinski definition) is 4. The summed E-state index contributed by atoms with van der Waals surface area (Å²) in [5.41, 5.74) is 0.618. The van der Waals surface area contributed by atoms with Gasteiger partial charge >= 0.3 is 0 Å². The molecule has 2 aliphatic heterocycles. The quantitative estimate of drug-likeness (QED) is 0.129. The zero-order valence-electron chi connectivity index (χ0n) is 31.8. The first kappa shape index (κ1) is 38.6. The summed E-state index contributed by atoms with van der Waals surface area (Å²) in [6.45, 7) is 2.47. The minimum Gasteiger partial charge on any atom is -0.496 e. The van der Waals surface area contributed by atoms with E-state index in [1.807, 2.05) is 16.7 Å². The van der Waals surface area contributed by atoms with E-state index in [4.69, 9.17) is 38.6 Å². The molecular formula is C42H40N6O8S2. The molecule has 8 rings (SSSR count). The summed E-state index contributed by atoms with van der Waals surface area (Å²) < 4.78 is 21.1. The predicted octanol–water partition coefficient (Wildman–Crippen LogP) is 5.50. The van der Waals surface area contributed by atoms with Crippen molar-refractivity contribution in [3.8, 4) is 40.4 Å². The molecule has 4 N–H and O–H groups in total. The number of nitrogens with zero attached hydrogens (tertiary/aromatic N) is 4. The number of aromatic amines is 2. The molecule has 0 saturated carbocycles. The molecule has 1 fully saturated rings. The van der Waals surface area contributed by atoms with Gasteiger partial charge in [-0.1, -0.05) is 36.4 Å². The number of pyridine rings is 1. The second-order valence-electron chi connectivity index (χ2n) is 14.4. The first-order valence-corrected chi connectivity index (χ1v) is 19.4. The topological polar surface area (TPSA) is 169 Å². The van der Waals surface area contributed by atoms with E-state index < -0.39 is 28.8 Å². The standard InChI is InChI=1S/C42H40N6O8S2/c1-54-30-16-15-24(18-26(30)22-45-19-23-17-25(21-45)27-11-8-14-33(49)46(27)20-23)34(35-37(50)43-41(57)47(39(35)52)28-9-4-6-12-31(28)55-2)36-38(51)44-42(58)48(40(36)53)29-10-5-7-13-32(29)56-3/h4-16,18,23,25,34,52-53H,17,19-22H2,1-3H3,(H,43,50,57)(H,44,51,58)/t23-,25+/m0/s1. The van der Waals surface area contributed by atoms with E-state index in [9.17, 15) is 24.6 Å². The molecule has 298 valence electrons. The Balaban J connectivity index is 1.34. The van der Waals surface area contributed by atoms with Crippen LogP contribution in [0.3, 0.4) is 0 Å². The molecule has 5 heterocycles. The van der Waals surface area contributed by atoms with Crippen LogP contribution < -0.4 is 30.9 Å². The van der Waals surface area contributed by atoms with Crippen LogP contribution in [0.5, 0.6) is 29.0 Å². The summed E-state index contributed by atoms with van der Waals surface area (Å²) in [4.78, 5) is 48.9. The molecule has 2 aliphatic rings. The third kappa shape index (κ3) is 6.72. The largest absolute Gasteiger partial charge is 0.496 e. The molecule has 2 bridgehead atoms. The molecule has 58 heavy (non-hydrogen) atoms. The zero-order valence-corrected chi connectivity index (χ0v) is 33.4. The SMILES string of the molecule is COc1ccc(C(c2c(O)n(-c3ccccc3OC)c(=S)[nH]c2=O)c2c(O)n(-c3ccccc3OC)c(=S)[nH]c2=O)cc1CN1C[C@@H]2C[C@H](C1)c1cccc(=O)n1C2. The van der Waals surface area contributed by atoms with Crippen LogP contribution >= 0.6 is 24.4 Å². The first-order valence-electron chi connectivity index (χ1n) is 18.5. The number of nitrogens with one attached hydrogen (secondary N) is 2. The van der Waals surface area contributed by atoms with Gasteiger partial charge in [-0.05, 0) is 84.8 Å². The van der Waals surface area contributed by atoms with Gasteiger partial charge < -0.3 is 29.0 Å². The van der Waals surface area contributed by atoms with Crippen LogP contribution in [0.25, 0.3) is 11.4 Å². The monoisotopic (exact) mass is 820 g/mol. The second kappa shape index (κ2) is 15.6. The molecule has 0 unspecified atom stereocenters. The summed E-state index contributed by atoms with van der Waals surface area (Å²) in [5, 5.41) is 24.5. The van der Waals surface area contributed by atoms with Gasteiger partial charge in [0.15, 0.2) is 9.54 Å². The molecule has 0 radical (unpaired) electrons. The number of piperidine rings is 1. The molecule has 16 heteroatoms. The Morgan fingerprint density at radius 3 is 1.84 bits per heavy atom. The fourth-order valence-electron chi connectivity index (χ4n) is 8.62. The number of aromatic hydroxyl groups is 2. The molecule has 3 aromatic heterocycles. The van der Waals surface area contributed by atoms with Gasteiger partial charge in [0.05, 0.1) is 49.7 Å². The second-order valence-corrected chi connectivity index (χ2v) is 15.2. The third-order valence-electron chi connectivity index (χ3n) is 11.1. The molecule has 0 aliphatic carbocycles. The fraction of sp³-hybridized carbons (Fsp3) is 0.262. The number of rotatable bonds is 10. The van der Waals surface area contributed by atoms with E-state index in [0.717, 1.165) is 24.2 Å². The van der Waals surface area contributed by atoms with Crippen molar-refractivity contribution in [1.29, 1.82) is 0 Å². The van der Waals surface area contributed by atoms with Crippen molar-refractivity contribution in [2.24, 2.45) is 5.92 Å². The van der Waals surface area contributed by atoms with Crippen LogP contribution in [0.15, 0.2) is 99.3 Å². The Bertz CT molecular complexity index is 2760. The van der Waals surface area contributed by atoms with Gasteiger partial charge in [-0.15, -0.1) is 0 Å². The van der Waals surface area contributed by atoms with Crippen LogP contribution in [0.2, 0.25) is 0 Å². The maximum absolute atomic E-state index is 14.3. The number of ether oxygens (including phenoxy) is 3. The Morgan fingerprint density at radius 1 is 0.707 bits per heavy atom. The summed E-state index contributed by atoms with van der Waals surface area (Å²) in [7, 11) is 4.49. The van der Waals surface area contributed by atoms with Gasteiger partial charge in [0.1, 0.15) is 17.2 Å². The Hall–Kier alpha value is -6.23. The first-order chi connectivity index (χ1) is 28.0. The van der Waals surface area contributed by atoms with Crippen molar-refractivity contribution in [3.05, 3.63) is 153 Å². The van der Waals surface area contributed by atoms with Crippen molar-refractivity contribution in [2.75, 3.05) is 34.4 Å². The maximum Gasteiger partial charge on any atom is 0.259 e. The van der Waals surface area contributed by atoms with Crippen LogP contribution in [0.1, 0.15) is 46.2 Å². The lowest BCUT2D eigenvalue weighted by molar-refractivity contribution is 0.113. The van der Waals surface area contributed by atoms with Crippen molar-refractivity contribution in [2.45, 2.75) is 31.3 Å². The molecular weight excluding hydrogens is 781 g/mol. The molecule has 1 saturated heterocycles. The molecule has 2 atom stereocenters. The minimum absolute atomic E-state index is 0.00440. The number of para-hydroxylation sites is 4. The average Bonchev–Trinajstić information content (AvgIpc) is 3.20. The zero-order chi connectivity index (χ0) is 40.8. The number of fused-ring (bicyclic) bond motifs is 4. The van der Waals surface area contributed by atoms with Gasteiger partial charge in [-0.3, -0.25) is 38.4 Å². The minimum atomic E-state index is -1.41. The molecule has 0 spiro atoms. The predicted molar refractivity (Wildman–Crippen MR) is 222 cm³/mol. The lowest BCUT2D eigenvalue weighted by atomic mass is 9.82. The molecule has 0 amide bonds. The van der Waals surface area contributed by atoms with Gasteiger partial charge in [0.25, 0.3) is 16.7 Å². The van der Waals surface area contributed by atoms with E-state index in [2.05, 4.69) is 14.9 Å². The van der Waals surface area contributed by atoms with Crippen molar-refractivity contribution < 1.29 is 24.4 Å². The third-order valence-corrected chi connectivity index (χ3v) is 11.6. The van der Waals surface area contributed by atoms with Crippen molar-refractivity contribution >= 4 is 24.4 Å². The normalized spacial score (nSPS) is 16.2. The van der Waals surface area contributed by atoms with Crippen LogP contribution in [0.4, 0.5) is 0 Å². The van der Waals surface area contributed by atoms with E-state index in [0.29, 0.717) is 53.8 Å². The highest BCUT2D eigenvalue weighted by Crippen LogP contribution is 2.42. The smallest absolute Gasteiger partial charge is 0.259 e. The van der Waals surface area contributed by atoms with Crippen molar-refractivity contribution in [1.82, 2.24) is 28.6 Å². The number of H-pyrrole nitrogens is 2. The van der Waals surface area contributed by atoms with Crippen LogP contribution in [-0.2, 0) is 13.1 Å². The lowest BCUT2D eigenvalue weighted by Crippen LogP contribution is -2.46. The lowest BCUT2D eigenvalue weighted by Gasteiger charge is -2.43. The highest BCUT2D eigenvalue weighted by molar-refractivity contribution is 7.71. The highest BCUT2D eigenvalue weighted by Gasteiger charge is 2.36. The number of methoxy groups -OCH3 is 3. The fourth-order valence-corrected chi connectivity index (χ4v) is 9.17. The van der Waals surface area contributed by atoms with E-state index in [1.165, 1.54) is 23.4 Å². The maximum atomic E-state index is 14.3. The Labute approximate surface area is 341 Å². The summed E-state index contributed by atoms with van der Waals surface area (Å²) in [6.07, 6.45) is 0.972. The van der Waals surface area contributed by atoms with E-state index >= 15 is 0 Å². The van der Waals surface area contributed by atoms with E-state index in [1.54, 1.807) is 79.9 Å².